The zero-order valence-corrected chi connectivity index (χ0v) is 11.5. The lowest BCUT2D eigenvalue weighted by Gasteiger charge is -2.09. The Morgan fingerprint density at radius 3 is 2.84 bits per heavy atom. The van der Waals surface area contributed by atoms with E-state index in [4.69, 9.17) is 9.73 Å². The van der Waals surface area contributed by atoms with Crippen LogP contribution >= 0.6 is 0 Å². The summed E-state index contributed by atoms with van der Waals surface area (Å²) in [5.41, 5.74) is 1.27. The standard InChI is InChI=1S/C17H19NO/c1-3-12(2)17-18-16(11-19-17)15-10-6-8-13-7-4-5-9-14(13)15/h4-10,12,16H,3,11H2,1-2H3. The molecule has 0 amide bonds. The lowest BCUT2D eigenvalue weighted by atomic mass is 10.00. The van der Waals surface area contributed by atoms with Crippen molar-refractivity contribution in [3.05, 3.63) is 48.0 Å². The molecule has 2 unspecified atom stereocenters. The van der Waals surface area contributed by atoms with Gasteiger partial charge in [0.2, 0.25) is 0 Å². The molecule has 19 heavy (non-hydrogen) atoms. The first kappa shape index (κ1) is 12.2. The molecule has 2 aromatic rings. The third-order valence-corrected chi connectivity index (χ3v) is 3.89. The van der Waals surface area contributed by atoms with Gasteiger partial charge in [-0.15, -0.1) is 0 Å². The quantitative estimate of drug-likeness (QED) is 0.796. The smallest absolute Gasteiger partial charge is 0.186 e. The summed E-state index contributed by atoms with van der Waals surface area (Å²) in [4.78, 5) is 4.77. The molecule has 2 aromatic carbocycles. The summed E-state index contributed by atoms with van der Waals surface area (Å²) in [5, 5.41) is 2.56. The number of ether oxygens (including phenoxy) is 1. The van der Waals surface area contributed by atoms with Crippen molar-refractivity contribution in [2.75, 3.05) is 6.61 Å². The fraction of sp³-hybridized carbons (Fsp3) is 0.353. The summed E-state index contributed by atoms with van der Waals surface area (Å²) in [5.74, 6) is 1.33. The van der Waals surface area contributed by atoms with E-state index >= 15 is 0 Å². The highest BCUT2D eigenvalue weighted by Crippen LogP contribution is 2.31. The van der Waals surface area contributed by atoms with E-state index in [1.165, 1.54) is 16.3 Å². The Labute approximate surface area is 114 Å². The molecular weight excluding hydrogens is 234 g/mol. The van der Waals surface area contributed by atoms with Crippen LogP contribution in [0, 0.1) is 5.92 Å². The minimum atomic E-state index is 0.148. The van der Waals surface area contributed by atoms with E-state index in [2.05, 4.69) is 56.3 Å². The molecule has 1 heterocycles. The fourth-order valence-electron chi connectivity index (χ4n) is 2.54. The van der Waals surface area contributed by atoms with Crippen LogP contribution in [-0.4, -0.2) is 12.5 Å². The van der Waals surface area contributed by atoms with Crippen molar-refractivity contribution in [3.63, 3.8) is 0 Å². The van der Waals surface area contributed by atoms with Gasteiger partial charge in [0, 0.05) is 5.92 Å². The summed E-state index contributed by atoms with van der Waals surface area (Å²) in [6, 6.07) is 15.0. The van der Waals surface area contributed by atoms with Crippen LogP contribution in [0.3, 0.4) is 0 Å². The van der Waals surface area contributed by atoms with Crippen LogP contribution in [0.1, 0.15) is 31.9 Å². The molecule has 3 rings (SSSR count). The number of hydrogen-bond donors (Lipinski definition) is 0. The Morgan fingerprint density at radius 2 is 2.00 bits per heavy atom. The Morgan fingerprint density at radius 1 is 1.21 bits per heavy atom. The van der Waals surface area contributed by atoms with Gasteiger partial charge in [-0.1, -0.05) is 56.3 Å². The van der Waals surface area contributed by atoms with Crippen LogP contribution in [0.15, 0.2) is 47.5 Å². The second kappa shape index (κ2) is 5.04. The Kier molecular flexibility index (Phi) is 3.24. The van der Waals surface area contributed by atoms with Gasteiger partial charge >= 0.3 is 0 Å². The summed E-state index contributed by atoms with van der Waals surface area (Å²) in [6.45, 7) is 5.01. The molecule has 1 aliphatic rings. The van der Waals surface area contributed by atoms with Crippen LogP contribution < -0.4 is 0 Å². The molecule has 1 aliphatic heterocycles. The second-order valence-electron chi connectivity index (χ2n) is 5.17. The van der Waals surface area contributed by atoms with E-state index in [-0.39, 0.29) is 6.04 Å². The number of nitrogens with zero attached hydrogens (tertiary/aromatic N) is 1. The maximum absolute atomic E-state index is 5.77. The minimum Gasteiger partial charge on any atom is -0.478 e. The van der Waals surface area contributed by atoms with Crippen LogP contribution in [-0.2, 0) is 4.74 Å². The van der Waals surface area contributed by atoms with Crippen molar-refractivity contribution < 1.29 is 4.74 Å². The molecule has 0 N–H and O–H groups in total. The van der Waals surface area contributed by atoms with Gasteiger partial charge < -0.3 is 4.74 Å². The minimum absolute atomic E-state index is 0.148. The largest absolute Gasteiger partial charge is 0.478 e. The van der Waals surface area contributed by atoms with E-state index < -0.39 is 0 Å². The van der Waals surface area contributed by atoms with Crippen molar-refractivity contribution in [3.8, 4) is 0 Å². The van der Waals surface area contributed by atoms with E-state index in [0.29, 0.717) is 12.5 Å². The molecule has 0 saturated carbocycles. The van der Waals surface area contributed by atoms with Gasteiger partial charge in [0.1, 0.15) is 12.6 Å². The molecule has 0 aromatic heterocycles. The topological polar surface area (TPSA) is 21.6 Å². The molecule has 98 valence electrons. The highest BCUT2D eigenvalue weighted by atomic mass is 16.5. The predicted octanol–water partition coefficient (Wildman–Crippen LogP) is 4.36. The van der Waals surface area contributed by atoms with E-state index in [9.17, 15) is 0 Å². The number of hydrogen-bond acceptors (Lipinski definition) is 2. The maximum atomic E-state index is 5.77. The Bertz CT molecular complexity index is 612. The Balaban J connectivity index is 2.00. The monoisotopic (exact) mass is 253 g/mol. The van der Waals surface area contributed by atoms with Crippen molar-refractivity contribution in [1.82, 2.24) is 0 Å². The molecule has 0 saturated heterocycles. The average Bonchev–Trinajstić information content (AvgIpc) is 2.95. The van der Waals surface area contributed by atoms with Crippen LogP contribution in [0.25, 0.3) is 10.8 Å². The molecule has 0 fully saturated rings. The first-order valence-electron chi connectivity index (χ1n) is 6.97. The highest BCUT2D eigenvalue weighted by molar-refractivity contribution is 5.87. The zero-order valence-electron chi connectivity index (χ0n) is 11.5. The molecule has 2 nitrogen and oxygen atoms in total. The summed E-state index contributed by atoms with van der Waals surface area (Å²) in [7, 11) is 0. The van der Waals surface area contributed by atoms with Gasteiger partial charge in [0.25, 0.3) is 0 Å². The molecule has 0 radical (unpaired) electrons. The first-order chi connectivity index (χ1) is 9.29. The van der Waals surface area contributed by atoms with Crippen molar-refractivity contribution >= 4 is 16.7 Å². The summed E-state index contributed by atoms with van der Waals surface area (Å²) < 4.78 is 5.77. The van der Waals surface area contributed by atoms with Gasteiger partial charge in [0.15, 0.2) is 5.90 Å². The van der Waals surface area contributed by atoms with Crippen LogP contribution in [0.2, 0.25) is 0 Å². The van der Waals surface area contributed by atoms with Gasteiger partial charge in [-0.2, -0.15) is 0 Å². The van der Waals surface area contributed by atoms with Crippen molar-refractivity contribution in [2.24, 2.45) is 10.9 Å². The maximum Gasteiger partial charge on any atom is 0.186 e. The van der Waals surface area contributed by atoms with E-state index in [0.717, 1.165) is 12.3 Å². The molecule has 0 aliphatic carbocycles. The summed E-state index contributed by atoms with van der Waals surface area (Å²) in [6.07, 6.45) is 1.07. The molecule has 0 spiro atoms. The highest BCUT2D eigenvalue weighted by Gasteiger charge is 2.24. The normalized spacial score (nSPS) is 20.1. The van der Waals surface area contributed by atoms with Gasteiger partial charge in [-0.3, -0.25) is 0 Å². The third-order valence-electron chi connectivity index (χ3n) is 3.89. The number of fused-ring (bicyclic) bond motifs is 1. The van der Waals surface area contributed by atoms with Crippen LogP contribution in [0.4, 0.5) is 0 Å². The fourth-order valence-corrected chi connectivity index (χ4v) is 2.54. The Hall–Kier alpha value is -1.83. The van der Waals surface area contributed by atoms with Gasteiger partial charge in [-0.25, -0.2) is 4.99 Å². The van der Waals surface area contributed by atoms with E-state index in [1.54, 1.807) is 0 Å². The third kappa shape index (κ3) is 2.23. The molecular formula is C17H19NO. The van der Waals surface area contributed by atoms with Crippen LogP contribution in [0.5, 0.6) is 0 Å². The average molecular weight is 253 g/mol. The molecule has 2 heteroatoms. The first-order valence-corrected chi connectivity index (χ1v) is 6.97. The lowest BCUT2D eigenvalue weighted by Crippen LogP contribution is -2.09. The lowest BCUT2D eigenvalue weighted by molar-refractivity contribution is 0.300. The second-order valence-corrected chi connectivity index (χ2v) is 5.17. The number of aliphatic imine (C=N–C) groups is 1. The number of rotatable bonds is 3. The van der Waals surface area contributed by atoms with Gasteiger partial charge in [-0.05, 0) is 22.8 Å². The van der Waals surface area contributed by atoms with Crippen molar-refractivity contribution in [2.45, 2.75) is 26.3 Å². The predicted molar refractivity (Wildman–Crippen MR) is 79.5 cm³/mol. The zero-order chi connectivity index (χ0) is 13.2. The molecule has 2 atom stereocenters. The van der Waals surface area contributed by atoms with Gasteiger partial charge in [0.05, 0.1) is 0 Å². The molecule has 0 bridgehead atoms. The van der Waals surface area contributed by atoms with Crippen molar-refractivity contribution in [1.29, 1.82) is 0 Å². The summed E-state index contributed by atoms with van der Waals surface area (Å²) >= 11 is 0. The van der Waals surface area contributed by atoms with E-state index in [1.807, 2.05) is 0 Å². The SMILES string of the molecule is CCC(C)C1=NC(c2cccc3ccccc23)CO1. The number of benzene rings is 2.